The summed E-state index contributed by atoms with van der Waals surface area (Å²) in [4.78, 5) is 16.0. The second kappa shape index (κ2) is 4.85. The second-order valence-corrected chi connectivity index (χ2v) is 3.42. The van der Waals surface area contributed by atoms with Crippen molar-refractivity contribution in [2.24, 2.45) is 10.2 Å². The number of aromatic amines is 2. The van der Waals surface area contributed by atoms with Gasteiger partial charge in [-0.1, -0.05) is 0 Å². The Hall–Kier alpha value is -3.39. The highest BCUT2D eigenvalue weighted by Crippen LogP contribution is 2.03. The van der Waals surface area contributed by atoms with E-state index in [-0.39, 0.29) is 34.3 Å². The Morgan fingerprint density at radius 1 is 1.11 bits per heavy atom. The fraction of sp³-hybridized carbons (Fsp3) is 0. The minimum Gasteiger partial charge on any atom is -0.505 e. The number of hydrogen-bond donors (Lipinski definition) is 3. The molecule has 0 saturated carbocycles. The van der Waals surface area contributed by atoms with Gasteiger partial charge in [0, 0.05) is 6.08 Å². The number of nitrogens with one attached hydrogen (secondary N) is 2. The van der Waals surface area contributed by atoms with Crippen LogP contribution in [0.3, 0.4) is 0 Å². The highest BCUT2D eigenvalue weighted by atomic mass is 16.3. The third kappa shape index (κ3) is 2.48. The number of nitriles is 2. The van der Waals surface area contributed by atoms with Gasteiger partial charge in [0.05, 0.1) is 0 Å². The molecule has 8 heteroatoms. The molecule has 0 aliphatic heterocycles. The molecule has 0 spiro atoms. The van der Waals surface area contributed by atoms with Gasteiger partial charge in [-0.2, -0.15) is 10.5 Å². The van der Waals surface area contributed by atoms with Crippen LogP contribution in [0, 0.1) is 22.7 Å². The summed E-state index contributed by atoms with van der Waals surface area (Å²) in [6, 6.07) is 3.56. The van der Waals surface area contributed by atoms with Crippen LogP contribution in [0.5, 0.6) is 0 Å². The fourth-order valence-corrected chi connectivity index (χ4v) is 1.30. The lowest BCUT2D eigenvalue weighted by Gasteiger charge is -2.00. The number of carbonyl (C=O) groups is 1. The molecule has 3 N–H and O–H groups in total. The summed E-state index contributed by atoms with van der Waals surface area (Å²) in [5.74, 6) is -0.648. The summed E-state index contributed by atoms with van der Waals surface area (Å²) in [7, 11) is 0. The van der Waals surface area contributed by atoms with Crippen LogP contribution in [0.15, 0.2) is 34.2 Å². The molecular weight excluding hydrogens is 248 g/mol. The van der Waals surface area contributed by atoms with Crippen LogP contribution >= 0.6 is 0 Å². The van der Waals surface area contributed by atoms with Gasteiger partial charge in [-0.3, -0.25) is 4.79 Å². The molecule has 1 aromatic heterocycles. The number of hydrogen-bond acceptors (Lipinski definition) is 6. The molecule has 1 aliphatic carbocycles. The van der Waals surface area contributed by atoms with Crippen LogP contribution in [-0.4, -0.2) is 26.6 Å². The van der Waals surface area contributed by atoms with Gasteiger partial charge in [0.2, 0.25) is 5.62 Å². The van der Waals surface area contributed by atoms with E-state index in [4.69, 9.17) is 10.5 Å². The van der Waals surface area contributed by atoms with E-state index in [0.717, 1.165) is 6.08 Å². The Bertz CT molecular complexity index is 741. The van der Waals surface area contributed by atoms with Gasteiger partial charge < -0.3 is 15.1 Å². The molecule has 19 heavy (non-hydrogen) atoms. The van der Waals surface area contributed by atoms with E-state index in [9.17, 15) is 9.90 Å². The summed E-state index contributed by atoms with van der Waals surface area (Å²) < 4.78 is 0. The fourth-order valence-electron chi connectivity index (χ4n) is 1.30. The first-order chi connectivity index (χ1) is 9.13. The van der Waals surface area contributed by atoms with Crippen molar-refractivity contribution in [3.05, 3.63) is 41.0 Å². The molecule has 0 unspecified atom stereocenters. The van der Waals surface area contributed by atoms with Crippen molar-refractivity contribution in [2.45, 2.75) is 0 Å². The first kappa shape index (κ1) is 12.1. The predicted octanol–water partition coefficient (Wildman–Crippen LogP) is -0.0763. The number of imidazole rings is 1. The minimum atomic E-state index is -0.346. The van der Waals surface area contributed by atoms with Gasteiger partial charge in [0.15, 0.2) is 17.2 Å². The van der Waals surface area contributed by atoms with Gasteiger partial charge in [0.25, 0.3) is 0 Å². The van der Waals surface area contributed by atoms with Crippen LogP contribution in [0.1, 0.15) is 11.4 Å². The molecule has 1 aromatic rings. The largest absolute Gasteiger partial charge is 0.505 e. The second-order valence-electron chi connectivity index (χ2n) is 3.42. The minimum absolute atomic E-state index is 0.0376. The van der Waals surface area contributed by atoms with Gasteiger partial charge in [-0.05, 0) is 12.2 Å². The molecule has 92 valence electrons. The lowest BCUT2D eigenvalue weighted by molar-refractivity contribution is -0.110. The molecule has 0 radical (unpaired) electrons. The number of aromatic nitrogens is 2. The summed E-state index contributed by atoms with van der Waals surface area (Å²) in [5, 5.41) is 34.3. The zero-order valence-corrected chi connectivity index (χ0v) is 9.38. The van der Waals surface area contributed by atoms with E-state index in [1.807, 2.05) is 0 Å². The highest BCUT2D eigenvalue weighted by molar-refractivity contribution is 6.18. The number of allylic oxidation sites excluding steroid dienone is 3. The van der Waals surface area contributed by atoms with E-state index in [2.05, 4.69) is 20.2 Å². The number of aliphatic hydroxyl groups is 1. The number of carbonyl (C=O) groups excluding carboxylic acids is 1. The Kier molecular flexibility index (Phi) is 3.09. The number of ketones is 1. The monoisotopic (exact) mass is 254 g/mol. The molecule has 8 nitrogen and oxygen atoms in total. The van der Waals surface area contributed by atoms with Gasteiger partial charge in [-0.15, -0.1) is 10.2 Å². The van der Waals surface area contributed by atoms with E-state index in [0.29, 0.717) is 0 Å². The van der Waals surface area contributed by atoms with Gasteiger partial charge in [0.1, 0.15) is 23.6 Å². The third-order valence-corrected chi connectivity index (χ3v) is 2.17. The zero-order chi connectivity index (χ0) is 13.8. The lowest BCUT2D eigenvalue weighted by atomic mass is 10.1. The lowest BCUT2D eigenvalue weighted by Crippen LogP contribution is -2.09. The maximum atomic E-state index is 10.9. The Labute approximate surface area is 106 Å². The first-order valence-corrected chi connectivity index (χ1v) is 5.01. The van der Waals surface area contributed by atoms with Crippen LogP contribution in [0.2, 0.25) is 0 Å². The SMILES string of the molecule is N#Cc1[nH]c(=N/N=C2\C=CC(=O)C=C2O)[nH]c1C#N. The van der Waals surface area contributed by atoms with E-state index in [1.54, 1.807) is 12.1 Å². The zero-order valence-electron chi connectivity index (χ0n) is 9.38. The standard InChI is InChI=1S/C11H6N6O2/c12-4-8-9(5-13)15-11(14-8)17-16-7-2-1-6(18)3-10(7)19/h1-3,19H,(H2,14,15,17)/b16-7+. The maximum absolute atomic E-state index is 10.9. The van der Waals surface area contributed by atoms with Crippen LogP contribution < -0.4 is 5.62 Å². The Balaban J connectivity index is 2.39. The van der Waals surface area contributed by atoms with Gasteiger partial charge >= 0.3 is 0 Å². The molecule has 0 amide bonds. The summed E-state index contributed by atoms with van der Waals surface area (Å²) in [6.07, 6.45) is 3.54. The number of rotatable bonds is 1. The molecule has 0 aromatic carbocycles. The smallest absolute Gasteiger partial charge is 0.226 e. The number of H-pyrrole nitrogens is 2. The van der Waals surface area contributed by atoms with Crippen LogP contribution in [0.4, 0.5) is 0 Å². The predicted molar refractivity (Wildman–Crippen MR) is 62.4 cm³/mol. The molecule has 1 aliphatic rings. The Morgan fingerprint density at radius 2 is 1.74 bits per heavy atom. The van der Waals surface area contributed by atoms with Crippen molar-refractivity contribution in [1.82, 2.24) is 9.97 Å². The van der Waals surface area contributed by atoms with Crippen LogP contribution in [-0.2, 0) is 4.79 Å². The Morgan fingerprint density at radius 3 is 2.26 bits per heavy atom. The van der Waals surface area contributed by atoms with Crippen molar-refractivity contribution in [2.75, 3.05) is 0 Å². The first-order valence-electron chi connectivity index (χ1n) is 5.01. The van der Waals surface area contributed by atoms with Gasteiger partial charge in [-0.25, -0.2) is 0 Å². The molecular formula is C11H6N6O2. The van der Waals surface area contributed by atoms with E-state index in [1.165, 1.54) is 12.2 Å². The maximum Gasteiger partial charge on any atom is 0.226 e. The molecule has 1 heterocycles. The van der Waals surface area contributed by atoms with Crippen molar-refractivity contribution < 1.29 is 9.90 Å². The summed E-state index contributed by atoms with van der Waals surface area (Å²) in [6.45, 7) is 0. The number of aliphatic hydroxyl groups excluding tert-OH is 1. The normalized spacial score (nSPS) is 15.8. The number of nitrogens with zero attached hydrogens (tertiary/aromatic N) is 4. The average Bonchev–Trinajstić information content (AvgIpc) is 2.80. The van der Waals surface area contributed by atoms with E-state index < -0.39 is 0 Å². The van der Waals surface area contributed by atoms with Crippen LogP contribution in [0.25, 0.3) is 0 Å². The molecule has 0 saturated heterocycles. The molecule has 2 rings (SSSR count). The van der Waals surface area contributed by atoms with E-state index >= 15 is 0 Å². The van der Waals surface area contributed by atoms with Crippen molar-refractivity contribution >= 4 is 11.5 Å². The topological polar surface area (TPSA) is 141 Å². The quantitative estimate of drug-likeness (QED) is 0.476. The van der Waals surface area contributed by atoms with Crippen molar-refractivity contribution in [1.29, 1.82) is 10.5 Å². The average molecular weight is 254 g/mol. The summed E-state index contributed by atoms with van der Waals surface area (Å²) in [5.41, 5.74) is 0.254. The molecule has 0 atom stereocenters. The molecule has 0 fully saturated rings. The molecule has 0 bridgehead atoms. The highest BCUT2D eigenvalue weighted by Gasteiger charge is 2.09. The summed E-state index contributed by atoms with van der Waals surface area (Å²) >= 11 is 0. The van der Waals surface area contributed by atoms with Crippen molar-refractivity contribution in [3.63, 3.8) is 0 Å². The van der Waals surface area contributed by atoms with Crippen molar-refractivity contribution in [3.8, 4) is 12.1 Å². The third-order valence-electron chi connectivity index (χ3n) is 2.17.